The van der Waals surface area contributed by atoms with E-state index in [1.165, 1.54) is 95.2 Å². The van der Waals surface area contributed by atoms with Gasteiger partial charge in [0.15, 0.2) is 8.32 Å². The molecule has 0 amide bonds. The molecule has 1 atom stereocenters. The van der Waals surface area contributed by atoms with E-state index in [-0.39, 0.29) is 0 Å². The van der Waals surface area contributed by atoms with Gasteiger partial charge in [-0.15, -0.1) is 0 Å². The van der Waals surface area contributed by atoms with Crippen molar-refractivity contribution < 1.29 is 4.43 Å². The largest absolute Gasteiger partial charge is 0.414 e. The second-order valence-corrected chi connectivity index (χ2v) is 11.5. The quantitative estimate of drug-likeness (QED) is 0.261. The molecule has 1 heterocycles. The Labute approximate surface area is 135 Å². The highest BCUT2D eigenvalue weighted by molar-refractivity contribution is 6.74. The molecule has 0 bridgehead atoms. The molecule has 0 aliphatic carbocycles. The van der Waals surface area contributed by atoms with E-state index in [0.717, 1.165) is 0 Å². The van der Waals surface area contributed by atoms with Gasteiger partial charge in [-0.25, -0.2) is 0 Å². The van der Waals surface area contributed by atoms with Crippen molar-refractivity contribution >= 4 is 8.32 Å². The number of rotatable bonds is 13. The van der Waals surface area contributed by atoms with E-state index in [1.54, 1.807) is 0 Å². The predicted molar refractivity (Wildman–Crippen MR) is 97.5 cm³/mol. The summed E-state index contributed by atoms with van der Waals surface area (Å²) in [6, 6.07) is 4.23. The third kappa shape index (κ3) is 7.83. The maximum Gasteiger partial charge on any atom is 0.192 e. The normalized spacial score (nSPS) is 19.0. The van der Waals surface area contributed by atoms with Crippen molar-refractivity contribution in [2.75, 3.05) is 0 Å². The van der Waals surface area contributed by atoms with Crippen LogP contribution in [0.25, 0.3) is 0 Å². The van der Waals surface area contributed by atoms with Crippen molar-refractivity contribution in [2.24, 2.45) is 0 Å². The average molecular weight is 313 g/mol. The molecular weight excluding hydrogens is 272 g/mol. The third-order valence-electron chi connectivity index (χ3n) is 5.41. The fourth-order valence-corrected chi connectivity index (χ4v) is 7.92. The van der Waals surface area contributed by atoms with Crippen molar-refractivity contribution in [1.82, 2.24) is 0 Å². The van der Waals surface area contributed by atoms with E-state index in [2.05, 4.69) is 20.8 Å². The Morgan fingerprint density at radius 2 is 1.38 bits per heavy atom. The second-order valence-electron chi connectivity index (χ2n) is 7.16. The first-order valence-corrected chi connectivity index (χ1v) is 12.5. The Bertz CT molecular complexity index is 236. The van der Waals surface area contributed by atoms with Crippen LogP contribution < -0.4 is 0 Å². The SMILES string of the molecule is CCCCCCCCCCC(CC)O[Si]1(CC)CCCC1. The first-order chi connectivity index (χ1) is 10.3. The van der Waals surface area contributed by atoms with Crippen LogP contribution in [-0.2, 0) is 4.43 Å². The van der Waals surface area contributed by atoms with Crippen LogP contribution in [0.5, 0.6) is 0 Å². The first-order valence-electron chi connectivity index (χ1n) is 9.94. The molecular formula is C19H40OSi. The molecule has 1 aliphatic heterocycles. The molecule has 0 aromatic heterocycles. The van der Waals surface area contributed by atoms with E-state index >= 15 is 0 Å². The lowest BCUT2D eigenvalue weighted by Crippen LogP contribution is -2.38. The molecule has 1 unspecified atom stereocenters. The monoisotopic (exact) mass is 312 g/mol. The van der Waals surface area contributed by atoms with Gasteiger partial charge in [-0.3, -0.25) is 0 Å². The lowest BCUT2D eigenvalue weighted by molar-refractivity contribution is 0.169. The van der Waals surface area contributed by atoms with Crippen molar-refractivity contribution in [3.05, 3.63) is 0 Å². The molecule has 1 fully saturated rings. The molecule has 0 aromatic rings. The summed E-state index contributed by atoms with van der Waals surface area (Å²) in [6.07, 6.45) is 17.4. The summed E-state index contributed by atoms with van der Waals surface area (Å²) >= 11 is 0. The van der Waals surface area contributed by atoms with Crippen molar-refractivity contribution in [1.29, 1.82) is 0 Å². The van der Waals surface area contributed by atoms with Crippen LogP contribution in [0.15, 0.2) is 0 Å². The molecule has 0 radical (unpaired) electrons. The Kier molecular flexibility index (Phi) is 10.7. The van der Waals surface area contributed by atoms with Gasteiger partial charge in [0.05, 0.1) is 0 Å². The van der Waals surface area contributed by atoms with Crippen molar-refractivity contribution in [3.63, 3.8) is 0 Å². The Hall–Kier alpha value is 0.177. The molecule has 1 aliphatic rings. The van der Waals surface area contributed by atoms with E-state index in [0.29, 0.717) is 6.10 Å². The predicted octanol–water partition coefficient (Wildman–Crippen LogP) is 7.07. The Morgan fingerprint density at radius 3 is 1.90 bits per heavy atom. The standard InChI is InChI=1S/C19H40OSi/c1-4-7-8-9-10-11-12-13-16-19(5-2)20-21(6-3)17-14-15-18-21/h19H,4-18H2,1-3H3. The van der Waals surface area contributed by atoms with Gasteiger partial charge in [-0.1, -0.05) is 85.0 Å². The molecule has 126 valence electrons. The maximum absolute atomic E-state index is 6.70. The highest BCUT2D eigenvalue weighted by Gasteiger charge is 2.38. The zero-order chi connectivity index (χ0) is 15.4. The zero-order valence-electron chi connectivity index (χ0n) is 15.1. The topological polar surface area (TPSA) is 9.23 Å². The molecule has 2 heteroatoms. The van der Waals surface area contributed by atoms with E-state index in [4.69, 9.17) is 4.43 Å². The van der Waals surface area contributed by atoms with Crippen molar-refractivity contribution in [2.45, 2.75) is 122 Å². The molecule has 1 nitrogen and oxygen atoms in total. The summed E-state index contributed by atoms with van der Waals surface area (Å²) in [4.78, 5) is 0. The zero-order valence-corrected chi connectivity index (χ0v) is 16.1. The highest BCUT2D eigenvalue weighted by atomic mass is 28.4. The minimum absolute atomic E-state index is 0.579. The Balaban J connectivity index is 2.08. The van der Waals surface area contributed by atoms with Gasteiger partial charge >= 0.3 is 0 Å². The van der Waals surface area contributed by atoms with E-state index in [1.807, 2.05) is 0 Å². The third-order valence-corrected chi connectivity index (χ3v) is 10.1. The summed E-state index contributed by atoms with van der Waals surface area (Å²) in [5.41, 5.74) is 0. The van der Waals surface area contributed by atoms with Gasteiger partial charge in [-0.05, 0) is 31.0 Å². The molecule has 0 N–H and O–H groups in total. The van der Waals surface area contributed by atoms with E-state index < -0.39 is 8.32 Å². The van der Waals surface area contributed by atoms with Crippen LogP contribution in [0.3, 0.4) is 0 Å². The molecule has 21 heavy (non-hydrogen) atoms. The van der Waals surface area contributed by atoms with Gasteiger partial charge in [-0.2, -0.15) is 0 Å². The maximum atomic E-state index is 6.70. The van der Waals surface area contributed by atoms with Crippen LogP contribution in [0, 0.1) is 0 Å². The molecule has 1 rings (SSSR count). The summed E-state index contributed by atoms with van der Waals surface area (Å²) in [5.74, 6) is 0. The molecule has 0 saturated carbocycles. The number of unbranched alkanes of at least 4 members (excludes halogenated alkanes) is 7. The average Bonchev–Trinajstić information content (AvgIpc) is 2.98. The lowest BCUT2D eigenvalue weighted by atomic mass is 10.0. The van der Waals surface area contributed by atoms with Gasteiger partial charge in [0, 0.05) is 6.10 Å². The van der Waals surface area contributed by atoms with E-state index in [9.17, 15) is 0 Å². The minimum Gasteiger partial charge on any atom is -0.414 e. The summed E-state index contributed by atoms with van der Waals surface area (Å²) in [5, 5.41) is 0. The number of hydrogen-bond donors (Lipinski definition) is 0. The summed E-state index contributed by atoms with van der Waals surface area (Å²) in [7, 11) is -1.28. The van der Waals surface area contributed by atoms with Gasteiger partial charge in [0.2, 0.25) is 0 Å². The van der Waals surface area contributed by atoms with Crippen LogP contribution in [0.2, 0.25) is 18.1 Å². The minimum atomic E-state index is -1.28. The van der Waals surface area contributed by atoms with Crippen LogP contribution in [0.4, 0.5) is 0 Å². The molecule has 1 saturated heterocycles. The summed E-state index contributed by atoms with van der Waals surface area (Å²) in [6.45, 7) is 6.99. The fraction of sp³-hybridized carbons (Fsp3) is 1.00. The molecule has 0 aromatic carbocycles. The van der Waals surface area contributed by atoms with Gasteiger partial charge in [0.1, 0.15) is 0 Å². The molecule has 0 spiro atoms. The van der Waals surface area contributed by atoms with Crippen LogP contribution >= 0.6 is 0 Å². The Morgan fingerprint density at radius 1 is 0.810 bits per heavy atom. The van der Waals surface area contributed by atoms with Crippen LogP contribution in [-0.4, -0.2) is 14.4 Å². The fourth-order valence-electron chi connectivity index (χ4n) is 3.78. The summed E-state index contributed by atoms with van der Waals surface area (Å²) < 4.78 is 6.70. The van der Waals surface area contributed by atoms with Crippen LogP contribution in [0.1, 0.15) is 97.8 Å². The second kappa shape index (κ2) is 11.7. The number of hydrogen-bond acceptors (Lipinski definition) is 1. The highest BCUT2D eigenvalue weighted by Crippen LogP contribution is 2.36. The van der Waals surface area contributed by atoms with Gasteiger partial charge < -0.3 is 4.43 Å². The lowest BCUT2D eigenvalue weighted by Gasteiger charge is -2.31. The smallest absolute Gasteiger partial charge is 0.192 e. The first kappa shape index (κ1) is 19.2. The van der Waals surface area contributed by atoms with Crippen molar-refractivity contribution in [3.8, 4) is 0 Å². The van der Waals surface area contributed by atoms with Gasteiger partial charge in [0.25, 0.3) is 0 Å².